The first-order chi connectivity index (χ1) is 13.5. The molecule has 0 radical (unpaired) electrons. The van der Waals surface area contributed by atoms with Crippen molar-refractivity contribution < 1.29 is 9.90 Å². The third-order valence-electron chi connectivity index (χ3n) is 7.36. The number of carbonyl (C=O) groups is 1. The maximum atomic E-state index is 13.1. The highest BCUT2D eigenvalue weighted by Gasteiger charge is 2.55. The molecule has 3 N–H and O–H groups in total. The molecule has 5 atom stereocenters. The van der Waals surface area contributed by atoms with Gasteiger partial charge in [-0.05, 0) is 86.3 Å². The molecule has 4 fully saturated rings. The summed E-state index contributed by atoms with van der Waals surface area (Å²) in [5, 5.41) is 16.8. The normalized spacial score (nSPS) is 33.6. The zero-order chi connectivity index (χ0) is 19.0. The smallest absolute Gasteiger partial charge is 0.251 e. The van der Waals surface area contributed by atoms with Gasteiger partial charge in [-0.2, -0.15) is 0 Å². The van der Waals surface area contributed by atoms with E-state index in [2.05, 4.69) is 10.3 Å². The summed E-state index contributed by atoms with van der Waals surface area (Å²) >= 11 is 6.17. The number of aromatic nitrogens is 1. The Labute approximate surface area is 168 Å². The monoisotopic (exact) mass is 394 g/mol. The lowest BCUT2D eigenvalue weighted by molar-refractivity contribution is -0.136. The van der Waals surface area contributed by atoms with Gasteiger partial charge in [0.25, 0.3) is 5.91 Å². The first-order valence-corrected chi connectivity index (χ1v) is 10.6. The molecule has 1 amide bonds. The highest BCUT2D eigenvalue weighted by Crippen LogP contribution is 2.55. The predicted octanol–water partition coefficient (Wildman–Crippen LogP) is 4.64. The van der Waals surface area contributed by atoms with Gasteiger partial charge < -0.3 is 15.4 Å². The number of aromatic amines is 1. The van der Waals surface area contributed by atoms with Crippen molar-refractivity contribution in [2.75, 3.05) is 0 Å². The number of aliphatic hydroxyl groups is 1. The number of H-pyrrole nitrogens is 1. The predicted molar refractivity (Wildman–Crippen MR) is 111 cm³/mol. The SMILES string of the molecule is O=C(NC1[C@@H]2CC3C[C@H]1CC(O)(C3)C2)c1ccc2[nH]c3ccc(Cl)cc3c2c1. The molecule has 3 unspecified atom stereocenters. The second-order valence-electron chi connectivity index (χ2n) is 9.27. The van der Waals surface area contributed by atoms with Crippen LogP contribution in [0.3, 0.4) is 0 Å². The van der Waals surface area contributed by atoms with Crippen molar-refractivity contribution in [1.82, 2.24) is 10.3 Å². The summed E-state index contributed by atoms with van der Waals surface area (Å²) in [5.41, 5.74) is 2.23. The van der Waals surface area contributed by atoms with E-state index >= 15 is 0 Å². The maximum absolute atomic E-state index is 13.1. The largest absolute Gasteiger partial charge is 0.390 e. The van der Waals surface area contributed by atoms with Crippen LogP contribution in [0.4, 0.5) is 0 Å². The van der Waals surface area contributed by atoms with Crippen molar-refractivity contribution in [2.45, 2.75) is 43.7 Å². The van der Waals surface area contributed by atoms with Crippen molar-refractivity contribution in [1.29, 1.82) is 0 Å². The fourth-order valence-electron chi connectivity index (χ4n) is 6.46. The third kappa shape index (κ3) is 2.51. The second kappa shape index (κ2) is 5.74. The van der Waals surface area contributed by atoms with Crippen molar-refractivity contribution in [2.24, 2.45) is 17.8 Å². The van der Waals surface area contributed by atoms with Crippen LogP contribution in [0.15, 0.2) is 36.4 Å². The van der Waals surface area contributed by atoms with E-state index in [1.54, 1.807) is 0 Å². The molecule has 4 saturated carbocycles. The van der Waals surface area contributed by atoms with Crippen molar-refractivity contribution >= 4 is 39.3 Å². The van der Waals surface area contributed by atoms with E-state index in [0.717, 1.165) is 53.9 Å². The van der Waals surface area contributed by atoms with Gasteiger partial charge in [0.1, 0.15) is 0 Å². The van der Waals surface area contributed by atoms with E-state index < -0.39 is 5.60 Å². The summed E-state index contributed by atoms with van der Waals surface area (Å²) in [6, 6.07) is 11.8. The molecule has 4 bridgehead atoms. The number of rotatable bonds is 2. The van der Waals surface area contributed by atoms with Gasteiger partial charge in [-0.3, -0.25) is 4.79 Å². The number of benzene rings is 2. The van der Waals surface area contributed by atoms with Crippen LogP contribution >= 0.6 is 11.6 Å². The van der Waals surface area contributed by atoms with Gasteiger partial charge in [0.2, 0.25) is 0 Å². The Morgan fingerprint density at radius 2 is 1.71 bits per heavy atom. The Hall–Kier alpha value is -2.04. The van der Waals surface area contributed by atoms with Crippen LogP contribution in [0.2, 0.25) is 5.02 Å². The maximum Gasteiger partial charge on any atom is 0.251 e. The van der Waals surface area contributed by atoms with Gasteiger partial charge in [0.15, 0.2) is 0 Å². The summed E-state index contributed by atoms with van der Waals surface area (Å²) < 4.78 is 0. The molecule has 0 aliphatic heterocycles. The number of hydrogen-bond donors (Lipinski definition) is 3. The minimum absolute atomic E-state index is 0.0114. The van der Waals surface area contributed by atoms with E-state index in [-0.39, 0.29) is 11.9 Å². The minimum Gasteiger partial charge on any atom is -0.390 e. The number of nitrogens with one attached hydrogen (secondary N) is 2. The van der Waals surface area contributed by atoms with Crippen molar-refractivity contribution in [3.63, 3.8) is 0 Å². The molecule has 5 heteroatoms. The van der Waals surface area contributed by atoms with E-state index in [1.807, 2.05) is 36.4 Å². The first kappa shape index (κ1) is 16.9. The zero-order valence-corrected chi connectivity index (χ0v) is 16.3. The van der Waals surface area contributed by atoms with Crippen LogP contribution in [0.1, 0.15) is 42.5 Å². The number of halogens is 1. The Morgan fingerprint density at radius 1 is 1.04 bits per heavy atom. The minimum atomic E-state index is -0.472. The van der Waals surface area contributed by atoms with Crippen molar-refractivity contribution in [3.05, 3.63) is 47.0 Å². The summed E-state index contributed by atoms with van der Waals surface area (Å²) in [4.78, 5) is 16.5. The quantitative estimate of drug-likeness (QED) is 0.592. The molecular weight excluding hydrogens is 372 g/mol. The molecule has 0 spiro atoms. The van der Waals surface area contributed by atoms with Gasteiger partial charge in [0.05, 0.1) is 5.60 Å². The molecule has 144 valence electrons. The highest BCUT2D eigenvalue weighted by atomic mass is 35.5. The Bertz CT molecular complexity index is 1100. The molecule has 1 heterocycles. The molecule has 2 aromatic carbocycles. The average Bonchev–Trinajstić information content (AvgIpc) is 3.00. The molecule has 28 heavy (non-hydrogen) atoms. The topological polar surface area (TPSA) is 65.1 Å². The number of fused-ring (bicyclic) bond motifs is 3. The molecular formula is C23H23ClN2O2. The van der Waals surface area contributed by atoms with Crippen LogP contribution in [0, 0.1) is 17.8 Å². The van der Waals surface area contributed by atoms with Crippen LogP contribution in [-0.4, -0.2) is 27.6 Å². The summed E-state index contributed by atoms with van der Waals surface area (Å²) in [6.07, 6.45) is 4.92. The van der Waals surface area contributed by atoms with Gasteiger partial charge in [-0.25, -0.2) is 0 Å². The van der Waals surface area contributed by atoms with E-state index in [1.165, 1.54) is 0 Å². The average molecular weight is 395 g/mol. The number of amides is 1. The fourth-order valence-corrected chi connectivity index (χ4v) is 6.63. The van der Waals surface area contributed by atoms with Gasteiger partial charge in [-0.15, -0.1) is 0 Å². The third-order valence-corrected chi connectivity index (χ3v) is 7.60. The highest BCUT2D eigenvalue weighted by molar-refractivity contribution is 6.31. The van der Waals surface area contributed by atoms with E-state index in [4.69, 9.17) is 11.6 Å². The fraction of sp³-hybridized carbons (Fsp3) is 0.435. The molecule has 1 aromatic heterocycles. The van der Waals surface area contributed by atoms with E-state index in [9.17, 15) is 9.90 Å². The first-order valence-electron chi connectivity index (χ1n) is 10.2. The number of hydrogen-bond acceptors (Lipinski definition) is 2. The number of carbonyl (C=O) groups excluding carboxylic acids is 1. The molecule has 4 nitrogen and oxygen atoms in total. The van der Waals surface area contributed by atoms with Crippen LogP contribution in [0.5, 0.6) is 0 Å². The van der Waals surface area contributed by atoms with Gasteiger partial charge in [0, 0.05) is 38.4 Å². The zero-order valence-electron chi connectivity index (χ0n) is 15.5. The molecule has 4 aliphatic rings. The molecule has 0 saturated heterocycles. The van der Waals surface area contributed by atoms with Crippen LogP contribution < -0.4 is 5.32 Å². The lowest BCUT2D eigenvalue weighted by atomic mass is 9.52. The summed E-state index contributed by atoms with van der Waals surface area (Å²) in [5.74, 6) is 1.46. The molecule has 7 rings (SSSR count). The summed E-state index contributed by atoms with van der Waals surface area (Å²) in [7, 11) is 0. The Kier molecular flexibility index (Phi) is 3.46. The molecule has 3 aromatic rings. The van der Waals surface area contributed by atoms with Gasteiger partial charge >= 0.3 is 0 Å². The van der Waals surface area contributed by atoms with Crippen LogP contribution in [-0.2, 0) is 0 Å². The Balaban J connectivity index is 1.31. The van der Waals surface area contributed by atoms with Crippen molar-refractivity contribution in [3.8, 4) is 0 Å². The van der Waals surface area contributed by atoms with Gasteiger partial charge in [-0.1, -0.05) is 11.6 Å². The lowest BCUT2D eigenvalue weighted by Crippen LogP contribution is -2.61. The van der Waals surface area contributed by atoms with Crippen LogP contribution in [0.25, 0.3) is 21.8 Å². The lowest BCUT2D eigenvalue weighted by Gasteiger charge is -2.58. The van der Waals surface area contributed by atoms with E-state index in [0.29, 0.717) is 28.3 Å². The second-order valence-corrected chi connectivity index (χ2v) is 9.71. The summed E-state index contributed by atoms with van der Waals surface area (Å²) in [6.45, 7) is 0. The standard InChI is InChI=1S/C23H23ClN2O2/c24-16-2-4-20-18(8-16)17-7-13(1-3-19(17)25-20)22(27)26-21-14-5-12-6-15(21)11-23(28,9-12)10-14/h1-4,7-8,12,14-15,21,25,28H,5-6,9-11H2,(H,26,27)/t12?,14-,15+,21?,23?. The molecule has 4 aliphatic carbocycles. The Morgan fingerprint density at radius 3 is 2.43 bits per heavy atom.